The van der Waals surface area contributed by atoms with Crippen LogP contribution >= 0.6 is 0 Å². The molecule has 0 radical (unpaired) electrons. The molecule has 5 nitrogen and oxygen atoms in total. The van der Waals surface area contributed by atoms with Gasteiger partial charge in [0.25, 0.3) is 5.56 Å². The number of pyridine rings is 1. The zero-order chi connectivity index (χ0) is 17.2. The Morgan fingerprint density at radius 3 is 2.68 bits per heavy atom. The number of nitrogens with one attached hydrogen (secondary N) is 1. The van der Waals surface area contributed by atoms with Gasteiger partial charge in [-0.15, -0.1) is 0 Å². The van der Waals surface area contributed by atoms with Crippen LogP contribution in [-0.2, 0) is 0 Å². The predicted molar refractivity (Wildman–Crippen MR) is 99.9 cm³/mol. The van der Waals surface area contributed by atoms with Gasteiger partial charge in [-0.05, 0) is 30.5 Å². The summed E-state index contributed by atoms with van der Waals surface area (Å²) in [6.07, 6.45) is 8.71. The molecule has 5 heteroatoms. The van der Waals surface area contributed by atoms with Gasteiger partial charge in [0.1, 0.15) is 0 Å². The van der Waals surface area contributed by atoms with E-state index in [1.807, 2.05) is 36.4 Å². The van der Waals surface area contributed by atoms with E-state index >= 15 is 0 Å². The highest BCUT2D eigenvalue weighted by Crippen LogP contribution is 2.30. The molecule has 124 valence electrons. The molecule has 3 N–H and O–H groups in total. The molecule has 0 amide bonds. The second-order valence-corrected chi connectivity index (χ2v) is 6.08. The van der Waals surface area contributed by atoms with Crippen molar-refractivity contribution in [3.8, 4) is 11.3 Å². The van der Waals surface area contributed by atoms with Crippen molar-refractivity contribution in [3.63, 3.8) is 0 Å². The highest BCUT2D eigenvalue weighted by atomic mass is 16.1. The van der Waals surface area contributed by atoms with Gasteiger partial charge >= 0.3 is 0 Å². The first-order valence-corrected chi connectivity index (χ1v) is 8.30. The largest absolute Gasteiger partial charge is 0.330 e. The zero-order valence-corrected chi connectivity index (χ0v) is 13.6. The smallest absolute Gasteiger partial charge is 0.276 e. The van der Waals surface area contributed by atoms with Crippen molar-refractivity contribution in [2.45, 2.75) is 6.42 Å². The summed E-state index contributed by atoms with van der Waals surface area (Å²) in [5, 5.41) is 0. The average Bonchev–Trinajstić information content (AvgIpc) is 2.68. The van der Waals surface area contributed by atoms with Gasteiger partial charge in [-0.25, -0.2) is 9.97 Å². The van der Waals surface area contributed by atoms with Gasteiger partial charge in [-0.3, -0.25) is 4.79 Å². The second-order valence-electron chi connectivity index (χ2n) is 6.08. The summed E-state index contributed by atoms with van der Waals surface area (Å²) in [6, 6.07) is 11.7. The first-order chi connectivity index (χ1) is 12.3. The van der Waals surface area contributed by atoms with Crippen LogP contribution in [0.2, 0.25) is 0 Å². The molecule has 1 unspecified atom stereocenters. The van der Waals surface area contributed by atoms with E-state index in [0.29, 0.717) is 23.5 Å². The molecule has 0 bridgehead atoms. The van der Waals surface area contributed by atoms with E-state index in [2.05, 4.69) is 22.1 Å². The summed E-state index contributed by atoms with van der Waals surface area (Å²) in [7, 11) is 0. The van der Waals surface area contributed by atoms with Crippen molar-refractivity contribution < 1.29 is 0 Å². The topological polar surface area (TPSA) is 84.7 Å². The number of rotatable bonds is 3. The number of aromatic nitrogens is 3. The molecule has 3 aromatic rings. The quantitative estimate of drug-likeness (QED) is 0.773. The zero-order valence-electron chi connectivity index (χ0n) is 13.6. The lowest BCUT2D eigenvalue weighted by Gasteiger charge is -2.16. The fraction of sp³-hybridized carbons (Fsp3) is 0.150. The first-order valence-electron chi connectivity index (χ1n) is 8.30. The summed E-state index contributed by atoms with van der Waals surface area (Å²) in [5.41, 5.74) is 9.91. The van der Waals surface area contributed by atoms with Crippen LogP contribution in [0.25, 0.3) is 27.9 Å². The Kier molecular flexibility index (Phi) is 3.99. The van der Waals surface area contributed by atoms with Crippen LogP contribution in [0.3, 0.4) is 0 Å². The third kappa shape index (κ3) is 2.90. The number of benzene rings is 1. The van der Waals surface area contributed by atoms with E-state index in [1.54, 1.807) is 12.3 Å². The molecule has 0 fully saturated rings. The minimum atomic E-state index is -0.230. The Bertz CT molecular complexity index is 1030. The van der Waals surface area contributed by atoms with Gasteiger partial charge in [0.2, 0.25) is 0 Å². The highest BCUT2D eigenvalue weighted by molar-refractivity contribution is 5.87. The molecule has 0 saturated carbocycles. The summed E-state index contributed by atoms with van der Waals surface area (Å²) in [4.78, 5) is 24.2. The monoisotopic (exact) mass is 330 g/mol. The molecule has 1 atom stereocenters. The van der Waals surface area contributed by atoms with Crippen molar-refractivity contribution in [1.82, 2.24) is 15.0 Å². The molecule has 1 aliphatic rings. The van der Waals surface area contributed by atoms with Gasteiger partial charge in [-0.1, -0.05) is 48.6 Å². The number of allylic oxidation sites excluding steroid dienone is 3. The lowest BCUT2D eigenvalue weighted by molar-refractivity contribution is 0.670. The van der Waals surface area contributed by atoms with E-state index in [9.17, 15) is 4.79 Å². The maximum Gasteiger partial charge on any atom is 0.276 e. The normalized spacial score (nSPS) is 16.8. The summed E-state index contributed by atoms with van der Waals surface area (Å²) in [6.45, 7) is 0.620. The predicted octanol–water partition coefficient (Wildman–Crippen LogP) is 2.90. The first kappa shape index (κ1) is 15.5. The number of hydrogen-bond acceptors (Lipinski definition) is 4. The average molecular weight is 330 g/mol. The van der Waals surface area contributed by atoms with Gasteiger partial charge in [-0.2, -0.15) is 0 Å². The van der Waals surface area contributed by atoms with E-state index < -0.39 is 0 Å². The molecular weight excluding hydrogens is 312 g/mol. The van der Waals surface area contributed by atoms with Crippen LogP contribution < -0.4 is 11.3 Å². The Labute approximate surface area is 145 Å². The lowest BCUT2D eigenvalue weighted by atomic mass is 9.93. The molecule has 2 heterocycles. The number of nitrogens with zero attached hydrogens (tertiary/aromatic N) is 2. The van der Waals surface area contributed by atoms with Crippen LogP contribution in [0.1, 0.15) is 12.1 Å². The summed E-state index contributed by atoms with van der Waals surface area (Å²) < 4.78 is 0. The Morgan fingerprint density at radius 1 is 1.12 bits per heavy atom. The number of hydrogen-bond donors (Lipinski definition) is 2. The molecule has 0 spiro atoms. The maximum absolute atomic E-state index is 12.1. The fourth-order valence-electron chi connectivity index (χ4n) is 3.01. The van der Waals surface area contributed by atoms with Crippen molar-refractivity contribution in [2.24, 2.45) is 11.7 Å². The van der Waals surface area contributed by atoms with Crippen LogP contribution in [-0.4, -0.2) is 21.5 Å². The summed E-state index contributed by atoms with van der Waals surface area (Å²) >= 11 is 0. The van der Waals surface area contributed by atoms with Crippen molar-refractivity contribution in [1.29, 1.82) is 0 Å². The van der Waals surface area contributed by atoms with Crippen LogP contribution in [0.4, 0.5) is 0 Å². The molecule has 0 saturated heterocycles. The molecule has 1 aromatic carbocycles. The third-order valence-corrected chi connectivity index (χ3v) is 4.41. The molecule has 0 aliphatic heterocycles. The lowest BCUT2D eigenvalue weighted by Crippen LogP contribution is -2.14. The van der Waals surface area contributed by atoms with Gasteiger partial charge in [0.05, 0.1) is 16.9 Å². The van der Waals surface area contributed by atoms with Crippen molar-refractivity contribution in [2.75, 3.05) is 6.54 Å². The van der Waals surface area contributed by atoms with Crippen LogP contribution in [0.5, 0.6) is 0 Å². The van der Waals surface area contributed by atoms with Crippen LogP contribution in [0.15, 0.2) is 65.6 Å². The Morgan fingerprint density at radius 2 is 1.96 bits per heavy atom. The molecule has 1 aliphatic carbocycles. The number of H-pyrrole nitrogens is 1. The van der Waals surface area contributed by atoms with E-state index in [0.717, 1.165) is 28.9 Å². The molecule has 2 aromatic heterocycles. The SMILES string of the molecule is NCC1C=CC(c2nc3c(=O)[nH]ccc3nc2-c2ccccc2)=CC1. The second kappa shape index (κ2) is 6.45. The third-order valence-electron chi connectivity index (χ3n) is 4.41. The Balaban J connectivity index is 1.95. The fourth-order valence-corrected chi connectivity index (χ4v) is 3.01. The van der Waals surface area contributed by atoms with Crippen molar-refractivity contribution >= 4 is 16.6 Å². The van der Waals surface area contributed by atoms with E-state index in [-0.39, 0.29) is 5.56 Å². The number of nitrogens with two attached hydrogens (primary N) is 1. The summed E-state index contributed by atoms with van der Waals surface area (Å²) in [5.74, 6) is 0.348. The minimum absolute atomic E-state index is 0.230. The standard InChI is InChI=1S/C20H18N4O/c21-12-13-6-8-15(9-7-13)18-17(14-4-2-1-3-5-14)23-16-10-11-22-20(25)19(16)24-18/h1-6,8-11,13H,7,12,21H2,(H,22,25). The van der Waals surface area contributed by atoms with Gasteiger partial charge < -0.3 is 10.7 Å². The Hall–Kier alpha value is -3.05. The van der Waals surface area contributed by atoms with Gasteiger partial charge in [0.15, 0.2) is 5.52 Å². The maximum atomic E-state index is 12.1. The van der Waals surface area contributed by atoms with E-state index in [1.165, 1.54) is 0 Å². The van der Waals surface area contributed by atoms with E-state index in [4.69, 9.17) is 10.7 Å². The van der Waals surface area contributed by atoms with Gasteiger partial charge in [0, 0.05) is 11.8 Å². The molecule has 4 rings (SSSR count). The molecule has 25 heavy (non-hydrogen) atoms. The number of aromatic amines is 1. The highest BCUT2D eigenvalue weighted by Gasteiger charge is 2.17. The van der Waals surface area contributed by atoms with Crippen molar-refractivity contribution in [3.05, 3.63) is 76.9 Å². The number of fused-ring (bicyclic) bond motifs is 1. The molecular formula is C20H18N4O. The van der Waals surface area contributed by atoms with Crippen LogP contribution in [0, 0.1) is 5.92 Å². The minimum Gasteiger partial charge on any atom is -0.330 e.